The lowest BCUT2D eigenvalue weighted by Crippen LogP contribution is -1.81. The molecule has 0 aromatic heterocycles. The largest absolute Gasteiger partial charge is 0.508 e. The Morgan fingerprint density at radius 1 is 0.944 bits per heavy atom. The van der Waals surface area contributed by atoms with Crippen molar-refractivity contribution in [1.82, 2.24) is 0 Å². The van der Waals surface area contributed by atoms with Crippen molar-refractivity contribution in [3.8, 4) is 17.2 Å². The Morgan fingerprint density at radius 3 is 2.39 bits per heavy atom. The second kappa shape index (κ2) is 4.84. The fourth-order valence-electron chi connectivity index (χ4n) is 1.73. The molecule has 0 saturated carbocycles. The number of rotatable bonds is 2. The van der Waals surface area contributed by atoms with Gasteiger partial charge in [-0.25, -0.2) is 0 Å². The van der Waals surface area contributed by atoms with Gasteiger partial charge in [-0.2, -0.15) is 0 Å². The highest BCUT2D eigenvalue weighted by atomic mass is 16.3. The number of allylic oxidation sites excluding steroid dienone is 1. The standard InChI is InChI=1S/C15H14O3/c1-10(11-3-2-4-13(16)8-11)7-12-9-14(17)5-6-15(12)18/h2-9,16-18H,1H3/b10-7+. The SMILES string of the molecule is C/C(=C\c1cc(O)ccc1O)c1cccc(O)c1. The van der Waals surface area contributed by atoms with Crippen molar-refractivity contribution < 1.29 is 15.3 Å². The van der Waals surface area contributed by atoms with Gasteiger partial charge in [-0.3, -0.25) is 0 Å². The van der Waals surface area contributed by atoms with E-state index in [1.165, 1.54) is 18.2 Å². The first-order chi connectivity index (χ1) is 8.56. The Bertz CT molecular complexity index is 600. The molecule has 0 atom stereocenters. The van der Waals surface area contributed by atoms with Crippen molar-refractivity contribution in [2.75, 3.05) is 0 Å². The van der Waals surface area contributed by atoms with Gasteiger partial charge in [-0.15, -0.1) is 0 Å². The quantitative estimate of drug-likeness (QED) is 0.559. The highest BCUT2D eigenvalue weighted by molar-refractivity contribution is 5.82. The van der Waals surface area contributed by atoms with Crippen molar-refractivity contribution in [1.29, 1.82) is 0 Å². The van der Waals surface area contributed by atoms with Gasteiger partial charge in [-0.05, 0) is 54.5 Å². The maximum absolute atomic E-state index is 9.68. The van der Waals surface area contributed by atoms with E-state index in [1.54, 1.807) is 24.3 Å². The van der Waals surface area contributed by atoms with E-state index in [-0.39, 0.29) is 17.2 Å². The van der Waals surface area contributed by atoms with Crippen LogP contribution in [0, 0.1) is 0 Å². The fraction of sp³-hybridized carbons (Fsp3) is 0.0667. The zero-order chi connectivity index (χ0) is 13.1. The number of phenolic OH excluding ortho intramolecular Hbond substituents is 3. The van der Waals surface area contributed by atoms with Crippen LogP contribution >= 0.6 is 0 Å². The molecule has 0 radical (unpaired) electrons. The van der Waals surface area contributed by atoms with Gasteiger partial charge in [0.05, 0.1) is 0 Å². The van der Waals surface area contributed by atoms with Crippen LogP contribution in [0.2, 0.25) is 0 Å². The zero-order valence-corrected chi connectivity index (χ0v) is 9.96. The molecule has 2 aromatic carbocycles. The van der Waals surface area contributed by atoms with Crippen molar-refractivity contribution in [3.05, 3.63) is 53.6 Å². The minimum Gasteiger partial charge on any atom is -0.508 e. The first-order valence-electron chi connectivity index (χ1n) is 5.56. The third-order valence-corrected chi connectivity index (χ3v) is 2.68. The Labute approximate surface area is 105 Å². The van der Waals surface area contributed by atoms with Crippen LogP contribution in [0.4, 0.5) is 0 Å². The van der Waals surface area contributed by atoms with E-state index in [4.69, 9.17) is 0 Å². The maximum atomic E-state index is 9.68. The summed E-state index contributed by atoms with van der Waals surface area (Å²) < 4.78 is 0. The summed E-state index contributed by atoms with van der Waals surface area (Å²) in [6, 6.07) is 11.2. The fourth-order valence-corrected chi connectivity index (χ4v) is 1.73. The van der Waals surface area contributed by atoms with Crippen LogP contribution in [0.1, 0.15) is 18.1 Å². The van der Waals surface area contributed by atoms with Gasteiger partial charge in [-0.1, -0.05) is 12.1 Å². The third kappa shape index (κ3) is 2.63. The summed E-state index contributed by atoms with van der Waals surface area (Å²) in [4.78, 5) is 0. The lowest BCUT2D eigenvalue weighted by Gasteiger charge is -2.05. The van der Waals surface area contributed by atoms with Crippen LogP contribution in [0.3, 0.4) is 0 Å². The van der Waals surface area contributed by atoms with Crippen LogP contribution in [-0.2, 0) is 0 Å². The highest BCUT2D eigenvalue weighted by Crippen LogP contribution is 2.27. The van der Waals surface area contributed by atoms with Crippen LogP contribution in [-0.4, -0.2) is 15.3 Å². The number of phenols is 3. The van der Waals surface area contributed by atoms with Gasteiger partial charge in [0, 0.05) is 5.56 Å². The third-order valence-electron chi connectivity index (χ3n) is 2.68. The smallest absolute Gasteiger partial charge is 0.123 e. The van der Waals surface area contributed by atoms with E-state index < -0.39 is 0 Å². The Morgan fingerprint density at radius 2 is 1.67 bits per heavy atom. The van der Waals surface area contributed by atoms with Crippen LogP contribution in [0.5, 0.6) is 17.2 Å². The second-order valence-corrected chi connectivity index (χ2v) is 4.12. The molecule has 2 aromatic rings. The summed E-state index contributed by atoms with van der Waals surface area (Å²) >= 11 is 0. The van der Waals surface area contributed by atoms with Crippen molar-refractivity contribution in [3.63, 3.8) is 0 Å². The monoisotopic (exact) mass is 242 g/mol. The second-order valence-electron chi connectivity index (χ2n) is 4.12. The van der Waals surface area contributed by atoms with E-state index in [9.17, 15) is 15.3 Å². The molecule has 0 saturated heterocycles. The molecule has 3 heteroatoms. The summed E-state index contributed by atoms with van der Waals surface area (Å²) in [7, 11) is 0. The van der Waals surface area contributed by atoms with Gasteiger partial charge < -0.3 is 15.3 Å². The molecule has 0 aliphatic heterocycles. The number of hydrogen-bond donors (Lipinski definition) is 3. The summed E-state index contributed by atoms with van der Waals surface area (Å²) in [5.41, 5.74) is 2.28. The minimum atomic E-state index is 0.0998. The van der Waals surface area contributed by atoms with E-state index in [2.05, 4.69) is 0 Å². The van der Waals surface area contributed by atoms with Gasteiger partial charge in [0.25, 0.3) is 0 Å². The van der Waals surface area contributed by atoms with Crippen LogP contribution in [0.15, 0.2) is 42.5 Å². The molecule has 0 fully saturated rings. The molecule has 0 spiro atoms. The molecule has 2 rings (SSSR count). The van der Waals surface area contributed by atoms with Crippen LogP contribution in [0.25, 0.3) is 11.6 Å². The molecular weight excluding hydrogens is 228 g/mol. The predicted molar refractivity (Wildman–Crippen MR) is 71.4 cm³/mol. The van der Waals surface area contributed by atoms with Crippen molar-refractivity contribution >= 4 is 11.6 Å². The average molecular weight is 242 g/mol. The van der Waals surface area contributed by atoms with E-state index >= 15 is 0 Å². The summed E-state index contributed by atoms with van der Waals surface area (Å²) in [6.45, 7) is 1.87. The zero-order valence-electron chi connectivity index (χ0n) is 9.96. The topological polar surface area (TPSA) is 60.7 Å². The summed E-state index contributed by atoms with van der Waals surface area (Å²) in [5, 5.41) is 28.5. The van der Waals surface area contributed by atoms with E-state index in [0.717, 1.165) is 11.1 Å². The highest BCUT2D eigenvalue weighted by Gasteiger charge is 2.02. The molecule has 18 heavy (non-hydrogen) atoms. The number of hydrogen-bond acceptors (Lipinski definition) is 3. The molecular formula is C15H14O3. The molecule has 0 aliphatic rings. The Hall–Kier alpha value is -2.42. The molecule has 92 valence electrons. The minimum absolute atomic E-state index is 0.0998. The summed E-state index contributed by atoms with van der Waals surface area (Å²) in [6.07, 6.45) is 1.75. The number of benzene rings is 2. The normalized spacial score (nSPS) is 11.5. The van der Waals surface area contributed by atoms with Gasteiger partial charge in [0.2, 0.25) is 0 Å². The van der Waals surface area contributed by atoms with Gasteiger partial charge in [0.15, 0.2) is 0 Å². The van der Waals surface area contributed by atoms with Gasteiger partial charge in [0.1, 0.15) is 17.2 Å². The molecule has 3 nitrogen and oxygen atoms in total. The van der Waals surface area contributed by atoms with Crippen LogP contribution < -0.4 is 0 Å². The van der Waals surface area contributed by atoms with E-state index in [0.29, 0.717) is 5.56 Å². The Balaban J connectivity index is 2.41. The first kappa shape index (κ1) is 12.0. The lowest BCUT2D eigenvalue weighted by atomic mass is 10.0. The van der Waals surface area contributed by atoms with Crippen molar-refractivity contribution in [2.24, 2.45) is 0 Å². The average Bonchev–Trinajstić information content (AvgIpc) is 2.34. The molecule has 0 aliphatic carbocycles. The van der Waals surface area contributed by atoms with E-state index in [1.807, 2.05) is 13.0 Å². The lowest BCUT2D eigenvalue weighted by molar-refractivity contribution is 0.459. The molecule has 0 bridgehead atoms. The maximum Gasteiger partial charge on any atom is 0.123 e. The molecule has 0 amide bonds. The number of aromatic hydroxyl groups is 3. The predicted octanol–water partition coefficient (Wildman–Crippen LogP) is 3.36. The molecule has 3 N–H and O–H groups in total. The molecule has 0 unspecified atom stereocenters. The Kier molecular flexibility index (Phi) is 3.24. The summed E-state index contributed by atoms with van der Waals surface area (Å²) in [5.74, 6) is 0.399. The van der Waals surface area contributed by atoms with Crippen molar-refractivity contribution in [2.45, 2.75) is 6.92 Å². The first-order valence-corrected chi connectivity index (χ1v) is 5.56. The van der Waals surface area contributed by atoms with Gasteiger partial charge >= 0.3 is 0 Å². The molecule has 0 heterocycles.